The second kappa shape index (κ2) is 8.69. The minimum Gasteiger partial charge on any atom is -0.450 e. The zero-order valence-corrected chi connectivity index (χ0v) is 16.7. The summed E-state index contributed by atoms with van der Waals surface area (Å²) in [7, 11) is 0. The number of ether oxygens (including phenoxy) is 1. The number of para-hydroxylation sites is 2. The Bertz CT molecular complexity index is 1070. The molecule has 1 aliphatic heterocycles. The summed E-state index contributed by atoms with van der Waals surface area (Å²) in [5.41, 5.74) is 4.98. The second-order valence-corrected chi connectivity index (χ2v) is 6.95. The molecule has 1 aliphatic rings. The van der Waals surface area contributed by atoms with E-state index in [2.05, 4.69) is 10.6 Å². The molecule has 1 heterocycles. The first-order valence-corrected chi connectivity index (χ1v) is 9.96. The number of carbonyl (C=O) groups is 2. The topological polar surface area (TPSA) is 70.7 Å². The van der Waals surface area contributed by atoms with Crippen LogP contribution in [0.1, 0.15) is 18.1 Å². The van der Waals surface area contributed by atoms with Crippen LogP contribution in [0.3, 0.4) is 0 Å². The van der Waals surface area contributed by atoms with Crippen LogP contribution in [0.5, 0.6) is 0 Å². The smallest absolute Gasteiger partial charge is 0.411 e. The van der Waals surface area contributed by atoms with E-state index < -0.39 is 6.09 Å². The first kappa shape index (κ1) is 19.5. The Morgan fingerprint density at radius 3 is 2.30 bits per heavy atom. The fourth-order valence-electron chi connectivity index (χ4n) is 3.61. The van der Waals surface area contributed by atoms with Crippen molar-refractivity contribution in [3.05, 3.63) is 83.9 Å². The number of carbonyl (C=O) groups excluding carboxylic acids is 2. The Balaban J connectivity index is 1.75. The van der Waals surface area contributed by atoms with Gasteiger partial charge in [0, 0.05) is 11.4 Å². The Labute approximate surface area is 175 Å². The summed E-state index contributed by atoms with van der Waals surface area (Å²) >= 11 is 0. The van der Waals surface area contributed by atoms with E-state index in [9.17, 15) is 9.59 Å². The summed E-state index contributed by atoms with van der Waals surface area (Å²) in [5, 5.41) is 5.70. The molecule has 0 aliphatic carbocycles. The summed E-state index contributed by atoms with van der Waals surface area (Å²) in [6.45, 7) is 2.04. The lowest BCUT2D eigenvalue weighted by atomic mass is 10.0. The van der Waals surface area contributed by atoms with Crippen LogP contribution in [-0.2, 0) is 17.6 Å². The molecule has 152 valence electrons. The number of hydrogen-bond acceptors (Lipinski definition) is 3. The van der Waals surface area contributed by atoms with Crippen molar-refractivity contribution in [1.82, 2.24) is 0 Å². The minimum atomic E-state index is -0.522. The van der Waals surface area contributed by atoms with Gasteiger partial charge >= 0.3 is 12.1 Å². The third-order valence-electron chi connectivity index (χ3n) is 4.97. The van der Waals surface area contributed by atoms with Crippen molar-refractivity contribution < 1.29 is 14.3 Å². The molecule has 30 heavy (non-hydrogen) atoms. The molecule has 0 unspecified atom stereocenters. The Morgan fingerprint density at radius 1 is 0.833 bits per heavy atom. The molecule has 3 aromatic carbocycles. The van der Waals surface area contributed by atoms with Gasteiger partial charge in [0.15, 0.2) is 0 Å². The number of rotatable bonds is 3. The molecule has 0 radical (unpaired) electrons. The number of nitrogens with one attached hydrogen (secondary N) is 2. The number of benzene rings is 3. The standard InChI is InChI=1S/C24H23N3O3/c1-2-30-24(29)26-20-15-14-18-13-12-17-8-6-7-11-21(17)27(22(18)16-20)23(28)25-19-9-4-3-5-10-19/h3-11,14-16H,2,12-13H2,1H3,(H,25,28)(H,26,29). The molecule has 2 N–H and O–H groups in total. The molecule has 6 nitrogen and oxygen atoms in total. The van der Waals surface area contributed by atoms with Crippen molar-refractivity contribution in [2.24, 2.45) is 0 Å². The Kier molecular flexibility index (Phi) is 5.66. The number of anilines is 4. The summed E-state index contributed by atoms with van der Waals surface area (Å²) < 4.78 is 4.98. The lowest BCUT2D eigenvalue weighted by Gasteiger charge is -2.26. The molecule has 0 aromatic heterocycles. The SMILES string of the molecule is CCOC(=O)Nc1ccc2c(c1)N(C(=O)Nc1ccccc1)c1ccccc1CC2. The first-order valence-electron chi connectivity index (χ1n) is 9.96. The van der Waals surface area contributed by atoms with E-state index in [1.165, 1.54) is 0 Å². The molecule has 4 rings (SSSR count). The van der Waals surface area contributed by atoms with Crippen molar-refractivity contribution in [2.75, 3.05) is 22.1 Å². The maximum atomic E-state index is 13.4. The van der Waals surface area contributed by atoms with Crippen LogP contribution in [0.2, 0.25) is 0 Å². The van der Waals surface area contributed by atoms with Gasteiger partial charge in [-0.1, -0.05) is 42.5 Å². The van der Waals surface area contributed by atoms with E-state index in [0.29, 0.717) is 11.4 Å². The van der Waals surface area contributed by atoms with Gasteiger partial charge in [0.25, 0.3) is 0 Å². The lowest BCUT2D eigenvalue weighted by Crippen LogP contribution is -2.31. The third kappa shape index (κ3) is 4.12. The molecule has 3 aromatic rings. The number of aryl methyl sites for hydroxylation is 2. The summed E-state index contributed by atoms with van der Waals surface area (Å²) in [6, 6.07) is 22.6. The number of nitrogens with zero attached hydrogens (tertiary/aromatic N) is 1. The van der Waals surface area contributed by atoms with E-state index >= 15 is 0 Å². The quantitative estimate of drug-likeness (QED) is 0.589. The van der Waals surface area contributed by atoms with E-state index in [4.69, 9.17) is 4.74 Å². The van der Waals surface area contributed by atoms with Gasteiger partial charge in [-0.2, -0.15) is 0 Å². The number of amides is 3. The minimum absolute atomic E-state index is 0.259. The lowest BCUT2D eigenvalue weighted by molar-refractivity contribution is 0.168. The average Bonchev–Trinajstić information content (AvgIpc) is 2.91. The molecular weight excluding hydrogens is 378 g/mol. The van der Waals surface area contributed by atoms with Crippen LogP contribution >= 0.6 is 0 Å². The largest absolute Gasteiger partial charge is 0.450 e. The maximum absolute atomic E-state index is 13.4. The number of urea groups is 1. The van der Waals surface area contributed by atoms with Crippen LogP contribution in [0.25, 0.3) is 0 Å². The van der Waals surface area contributed by atoms with Crippen LogP contribution in [0, 0.1) is 0 Å². The third-order valence-corrected chi connectivity index (χ3v) is 4.97. The Hall–Kier alpha value is -3.80. The van der Waals surface area contributed by atoms with Crippen molar-refractivity contribution in [3.8, 4) is 0 Å². The predicted octanol–water partition coefficient (Wildman–Crippen LogP) is 5.72. The molecule has 0 fully saturated rings. The van der Waals surface area contributed by atoms with Crippen LogP contribution in [0.4, 0.5) is 32.3 Å². The molecule has 0 saturated heterocycles. The molecule has 3 amide bonds. The summed E-state index contributed by atoms with van der Waals surface area (Å²) in [4.78, 5) is 26.9. The predicted molar refractivity (Wildman–Crippen MR) is 119 cm³/mol. The normalized spacial score (nSPS) is 12.2. The monoisotopic (exact) mass is 401 g/mol. The van der Waals surface area contributed by atoms with Crippen LogP contribution in [0.15, 0.2) is 72.8 Å². The van der Waals surface area contributed by atoms with Gasteiger partial charge in [0.1, 0.15) is 0 Å². The zero-order valence-electron chi connectivity index (χ0n) is 16.7. The van der Waals surface area contributed by atoms with Gasteiger partial charge < -0.3 is 10.1 Å². The van der Waals surface area contributed by atoms with Gasteiger partial charge in [-0.3, -0.25) is 10.2 Å². The van der Waals surface area contributed by atoms with Crippen molar-refractivity contribution in [2.45, 2.75) is 19.8 Å². The van der Waals surface area contributed by atoms with Gasteiger partial charge in [0.2, 0.25) is 0 Å². The summed E-state index contributed by atoms with van der Waals surface area (Å²) in [5.74, 6) is 0. The molecular formula is C24H23N3O3. The van der Waals surface area contributed by atoms with Crippen molar-refractivity contribution >= 4 is 34.9 Å². The Morgan fingerprint density at radius 2 is 1.53 bits per heavy atom. The molecule has 0 bridgehead atoms. The van der Waals surface area contributed by atoms with Crippen molar-refractivity contribution in [1.29, 1.82) is 0 Å². The summed E-state index contributed by atoms with van der Waals surface area (Å²) in [6.07, 6.45) is 1.09. The van der Waals surface area contributed by atoms with E-state index in [-0.39, 0.29) is 12.6 Å². The second-order valence-electron chi connectivity index (χ2n) is 6.95. The van der Waals surface area contributed by atoms with Crippen LogP contribution < -0.4 is 15.5 Å². The highest BCUT2D eigenvalue weighted by Crippen LogP contribution is 2.38. The number of fused-ring (bicyclic) bond motifs is 2. The molecule has 0 spiro atoms. The van der Waals surface area contributed by atoms with E-state index in [1.54, 1.807) is 11.8 Å². The fraction of sp³-hybridized carbons (Fsp3) is 0.167. The molecule has 6 heteroatoms. The van der Waals surface area contributed by atoms with E-state index in [1.807, 2.05) is 72.8 Å². The maximum Gasteiger partial charge on any atom is 0.411 e. The van der Waals surface area contributed by atoms with Crippen LogP contribution in [-0.4, -0.2) is 18.7 Å². The average molecular weight is 401 g/mol. The highest BCUT2D eigenvalue weighted by atomic mass is 16.5. The van der Waals surface area contributed by atoms with Gasteiger partial charge in [0.05, 0.1) is 18.0 Å². The van der Waals surface area contributed by atoms with Gasteiger partial charge in [-0.25, -0.2) is 9.59 Å². The molecule has 0 saturated carbocycles. The first-order chi connectivity index (χ1) is 14.7. The highest BCUT2D eigenvalue weighted by Gasteiger charge is 2.26. The van der Waals surface area contributed by atoms with Gasteiger partial charge in [-0.05, 0) is 61.2 Å². The fourth-order valence-corrected chi connectivity index (χ4v) is 3.61. The zero-order chi connectivity index (χ0) is 20.9. The highest BCUT2D eigenvalue weighted by molar-refractivity contribution is 6.08. The van der Waals surface area contributed by atoms with Crippen molar-refractivity contribution in [3.63, 3.8) is 0 Å². The number of hydrogen-bond donors (Lipinski definition) is 2. The van der Waals surface area contributed by atoms with E-state index in [0.717, 1.165) is 35.3 Å². The molecule has 0 atom stereocenters. The van der Waals surface area contributed by atoms with Gasteiger partial charge in [-0.15, -0.1) is 0 Å².